The minimum atomic E-state index is -0.679. The van der Waals surface area contributed by atoms with Crippen LogP contribution in [0, 0.1) is 11.3 Å². The zero-order chi connectivity index (χ0) is 20.6. The van der Waals surface area contributed by atoms with Crippen LogP contribution in [0.15, 0.2) is 24.3 Å². The number of halogens is 1. The lowest BCUT2D eigenvalue weighted by Crippen LogP contribution is -2.43. The van der Waals surface area contributed by atoms with Crippen LogP contribution in [0.1, 0.15) is 47.0 Å². The third-order valence-corrected chi connectivity index (χ3v) is 4.19. The van der Waals surface area contributed by atoms with Gasteiger partial charge in [-0.2, -0.15) is 0 Å². The number of methoxy groups -OCH3 is 1. The van der Waals surface area contributed by atoms with Crippen LogP contribution < -0.4 is 10.6 Å². The van der Waals surface area contributed by atoms with Crippen molar-refractivity contribution in [2.45, 2.75) is 53.0 Å². The van der Waals surface area contributed by atoms with Gasteiger partial charge in [-0.3, -0.25) is 9.59 Å². The van der Waals surface area contributed by atoms with E-state index in [2.05, 4.69) is 10.6 Å². The van der Waals surface area contributed by atoms with Crippen molar-refractivity contribution in [2.24, 2.45) is 11.3 Å². The summed E-state index contributed by atoms with van der Waals surface area (Å²) in [7, 11) is 1.30. The molecule has 1 unspecified atom stereocenters. The average Bonchev–Trinajstić information content (AvgIpc) is 2.53. The van der Waals surface area contributed by atoms with E-state index in [-0.39, 0.29) is 30.6 Å². The van der Waals surface area contributed by atoms with E-state index in [1.807, 2.05) is 27.7 Å². The molecule has 0 bridgehead atoms. The van der Waals surface area contributed by atoms with Crippen molar-refractivity contribution >= 4 is 35.1 Å². The van der Waals surface area contributed by atoms with E-state index in [0.717, 1.165) is 0 Å². The number of amides is 2. The van der Waals surface area contributed by atoms with Crippen LogP contribution in [-0.2, 0) is 19.1 Å². The number of benzene rings is 1. The number of carbonyl (C=O) groups is 3. The SMILES string of the molecule is COC(=O)C(CC(C)C)NC(=O)CC(C)(C)CC(=O)Nc1ccc(Cl)cc1. The molecule has 0 saturated carbocycles. The maximum Gasteiger partial charge on any atom is 0.328 e. The second kappa shape index (κ2) is 10.3. The molecule has 1 aromatic carbocycles. The summed E-state index contributed by atoms with van der Waals surface area (Å²) in [5.74, 6) is -0.708. The molecule has 150 valence electrons. The molecule has 2 amide bonds. The Morgan fingerprint density at radius 2 is 1.63 bits per heavy atom. The van der Waals surface area contributed by atoms with E-state index in [1.165, 1.54) is 7.11 Å². The molecule has 0 aliphatic heterocycles. The number of ether oxygens (including phenoxy) is 1. The Bertz CT molecular complexity index is 656. The lowest BCUT2D eigenvalue weighted by molar-refractivity contribution is -0.145. The molecular weight excluding hydrogens is 368 g/mol. The highest BCUT2D eigenvalue weighted by Crippen LogP contribution is 2.26. The first-order valence-electron chi connectivity index (χ1n) is 8.95. The van der Waals surface area contributed by atoms with Gasteiger partial charge in [0.05, 0.1) is 7.11 Å². The van der Waals surface area contributed by atoms with Gasteiger partial charge in [0.25, 0.3) is 0 Å². The molecule has 0 fully saturated rings. The van der Waals surface area contributed by atoms with Gasteiger partial charge in [-0.25, -0.2) is 4.79 Å². The van der Waals surface area contributed by atoms with Gasteiger partial charge in [0.1, 0.15) is 6.04 Å². The van der Waals surface area contributed by atoms with Crippen molar-refractivity contribution in [1.29, 1.82) is 0 Å². The second-order valence-corrected chi connectivity index (χ2v) is 8.28. The zero-order valence-electron chi connectivity index (χ0n) is 16.6. The minimum absolute atomic E-state index is 0.118. The summed E-state index contributed by atoms with van der Waals surface area (Å²) in [5, 5.41) is 6.10. The fourth-order valence-electron chi connectivity index (χ4n) is 2.74. The summed E-state index contributed by atoms with van der Waals surface area (Å²) in [6.07, 6.45) is 0.776. The summed E-state index contributed by atoms with van der Waals surface area (Å²) in [5.41, 5.74) is 0.0753. The number of hydrogen-bond acceptors (Lipinski definition) is 4. The average molecular weight is 397 g/mol. The number of rotatable bonds is 9. The van der Waals surface area contributed by atoms with Gasteiger partial charge in [-0.1, -0.05) is 39.3 Å². The van der Waals surface area contributed by atoms with Crippen molar-refractivity contribution in [3.05, 3.63) is 29.3 Å². The molecule has 0 aromatic heterocycles. The van der Waals surface area contributed by atoms with Crippen molar-refractivity contribution in [3.63, 3.8) is 0 Å². The molecule has 6 nitrogen and oxygen atoms in total. The van der Waals surface area contributed by atoms with Crippen molar-refractivity contribution < 1.29 is 19.1 Å². The van der Waals surface area contributed by atoms with Crippen LogP contribution in [0.4, 0.5) is 5.69 Å². The molecule has 0 heterocycles. The Hall–Kier alpha value is -2.08. The predicted molar refractivity (Wildman–Crippen MR) is 106 cm³/mol. The normalized spacial score (nSPS) is 12.4. The van der Waals surface area contributed by atoms with E-state index in [1.54, 1.807) is 24.3 Å². The predicted octanol–water partition coefficient (Wildman–Crippen LogP) is 3.79. The molecule has 1 atom stereocenters. The number of anilines is 1. The first-order chi connectivity index (χ1) is 12.5. The zero-order valence-corrected chi connectivity index (χ0v) is 17.4. The van der Waals surface area contributed by atoms with Crippen molar-refractivity contribution in [2.75, 3.05) is 12.4 Å². The third-order valence-electron chi connectivity index (χ3n) is 3.93. The minimum Gasteiger partial charge on any atom is -0.467 e. The lowest BCUT2D eigenvalue weighted by atomic mass is 9.84. The first kappa shape index (κ1) is 23.0. The van der Waals surface area contributed by atoms with Crippen LogP contribution in [0.3, 0.4) is 0 Å². The molecular formula is C20H29ClN2O4. The number of nitrogens with one attached hydrogen (secondary N) is 2. The standard InChI is InChI=1S/C20H29ClN2O4/c1-13(2)10-16(19(26)27-5)23-18(25)12-20(3,4)11-17(24)22-15-8-6-14(21)7-9-15/h6-9,13,16H,10-12H2,1-5H3,(H,22,24)(H,23,25). The van der Waals surface area contributed by atoms with E-state index in [4.69, 9.17) is 16.3 Å². The van der Waals surface area contributed by atoms with E-state index in [9.17, 15) is 14.4 Å². The maximum absolute atomic E-state index is 12.4. The highest BCUT2D eigenvalue weighted by Gasteiger charge is 2.28. The number of carbonyl (C=O) groups excluding carboxylic acids is 3. The van der Waals surface area contributed by atoms with Gasteiger partial charge in [-0.15, -0.1) is 0 Å². The fraction of sp³-hybridized carbons (Fsp3) is 0.550. The monoisotopic (exact) mass is 396 g/mol. The van der Waals surface area contributed by atoms with Crippen LogP contribution in [0.5, 0.6) is 0 Å². The van der Waals surface area contributed by atoms with Gasteiger partial charge < -0.3 is 15.4 Å². The summed E-state index contributed by atoms with van der Waals surface area (Å²) in [6.45, 7) is 7.60. The van der Waals surface area contributed by atoms with E-state index < -0.39 is 17.4 Å². The molecule has 0 saturated heterocycles. The van der Waals surface area contributed by atoms with Crippen LogP contribution in [0.2, 0.25) is 5.02 Å². The molecule has 0 radical (unpaired) electrons. The van der Waals surface area contributed by atoms with Gasteiger partial charge in [0, 0.05) is 23.6 Å². The van der Waals surface area contributed by atoms with E-state index >= 15 is 0 Å². The summed E-state index contributed by atoms with van der Waals surface area (Å²) in [4.78, 5) is 36.5. The van der Waals surface area contributed by atoms with Gasteiger partial charge in [0.2, 0.25) is 11.8 Å². The van der Waals surface area contributed by atoms with Gasteiger partial charge in [-0.05, 0) is 42.0 Å². The molecule has 2 N–H and O–H groups in total. The van der Waals surface area contributed by atoms with Crippen molar-refractivity contribution in [1.82, 2.24) is 5.32 Å². The van der Waals surface area contributed by atoms with Crippen LogP contribution in [-0.4, -0.2) is 30.9 Å². The van der Waals surface area contributed by atoms with Gasteiger partial charge in [0.15, 0.2) is 0 Å². The first-order valence-corrected chi connectivity index (χ1v) is 9.33. The van der Waals surface area contributed by atoms with Crippen LogP contribution in [0.25, 0.3) is 0 Å². The highest BCUT2D eigenvalue weighted by molar-refractivity contribution is 6.30. The molecule has 0 aliphatic rings. The van der Waals surface area contributed by atoms with Gasteiger partial charge >= 0.3 is 5.97 Å². The molecule has 27 heavy (non-hydrogen) atoms. The summed E-state index contributed by atoms with van der Waals surface area (Å²) in [6, 6.07) is 6.13. The number of hydrogen-bond donors (Lipinski definition) is 2. The molecule has 0 spiro atoms. The van der Waals surface area contributed by atoms with Crippen molar-refractivity contribution in [3.8, 4) is 0 Å². The molecule has 1 rings (SSSR count). The Morgan fingerprint density at radius 3 is 2.15 bits per heavy atom. The highest BCUT2D eigenvalue weighted by atomic mass is 35.5. The maximum atomic E-state index is 12.4. The Kier molecular flexibility index (Phi) is 8.76. The Morgan fingerprint density at radius 1 is 1.07 bits per heavy atom. The molecule has 1 aromatic rings. The lowest BCUT2D eigenvalue weighted by Gasteiger charge is -2.25. The second-order valence-electron chi connectivity index (χ2n) is 7.85. The summed E-state index contributed by atoms with van der Waals surface area (Å²) >= 11 is 5.83. The Balaban J connectivity index is 2.60. The topological polar surface area (TPSA) is 84.5 Å². The quantitative estimate of drug-likeness (QED) is 0.622. The fourth-order valence-corrected chi connectivity index (χ4v) is 2.87. The third kappa shape index (κ3) is 8.91. The smallest absolute Gasteiger partial charge is 0.328 e. The largest absolute Gasteiger partial charge is 0.467 e. The van der Waals surface area contributed by atoms with E-state index in [0.29, 0.717) is 17.1 Å². The molecule has 7 heteroatoms. The van der Waals surface area contributed by atoms with Crippen LogP contribution >= 0.6 is 11.6 Å². The molecule has 0 aliphatic carbocycles. The number of esters is 1. The summed E-state index contributed by atoms with van der Waals surface area (Å²) < 4.78 is 4.76. The Labute approximate surface area is 166 Å².